The maximum atomic E-state index is 12.6. The highest BCUT2D eigenvalue weighted by Crippen LogP contribution is 2.37. The zero-order valence-corrected chi connectivity index (χ0v) is 14.1. The van der Waals surface area contributed by atoms with Crippen LogP contribution in [0.25, 0.3) is 0 Å². The molecule has 3 rings (SSSR count). The van der Waals surface area contributed by atoms with Crippen LogP contribution in [0.1, 0.15) is 5.56 Å². The number of hydrogen-bond acceptors (Lipinski definition) is 5. The Morgan fingerprint density at radius 1 is 1.13 bits per heavy atom. The molecule has 0 saturated carbocycles. The summed E-state index contributed by atoms with van der Waals surface area (Å²) in [6.45, 7) is 0.788. The van der Waals surface area contributed by atoms with Gasteiger partial charge in [0.05, 0.1) is 17.3 Å². The largest absolute Gasteiger partial charge is 0.486 e. The normalized spacial score (nSPS) is 13.2. The van der Waals surface area contributed by atoms with Gasteiger partial charge in [0, 0.05) is 10.5 Å². The molecule has 1 aliphatic rings. The molecule has 0 saturated heterocycles. The molecule has 0 aromatic heterocycles. The predicted molar refractivity (Wildman–Crippen MR) is 87.1 cm³/mol. The van der Waals surface area contributed by atoms with Crippen molar-refractivity contribution < 1.29 is 17.9 Å². The first-order valence-electron chi connectivity index (χ1n) is 6.62. The van der Waals surface area contributed by atoms with Crippen LogP contribution in [0.5, 0.6) is 11.5 Å². The topological polar surface area (TPSA) is 88.4 Å². The van der Waals surface area contributed by atoms with Crippen molar-refractivity contribution >= 4 is 31.6 Å². The highest BCUT2D eigenvalue weighted by atomic mass is 79.9. The van der Waals surface area contributed by atoms with Crippen molar-refractivity contribution in [2.75, 3.05) is 17.9 Å². The summed E-state index contributed by atoms with van der Waals surface area (Å²) in [6, 6.07) is 11.2. The standard InChI is InChI=1S/C15H11BrN2O4S/c16-12-7-13-14(22-5-4-21-13)8-15(12)23(19,20)18-11-3-1-2-10(6-11)9-17/h1-3,6-8,18H,4-5H2. The van der Waals surface area contributed by atoms with Crippen LogP contribution in [0, 0.1) is 11.3 Å². The number of sulfonamides is 1. The lowest BCUT2D eigenvalue weighted by atomic mass is 10.2. The minimum absolute atomic E-state index is 0.0316. The molecule has 0 unspecified atom stereocenters. The highest BCUT2D eigenvalue weighted by molar-refractivity contribution is 9.10. The van der Waals surface area contributed by atoms with Crippen LogP contribution in [-0.4, -0.2) is 21.6 Å². The molecule has 2 aromatic rings. The molecule has 2 aromatic carbocycles. The van der Waals surface area contributed by atoms with E-state index >= 15 is 0 Å². The molecule has 0 aliphatic carbocycles. The van der Waals surface area contributed by atoms with Gasteiger partial charge in [-0.3, -0.25) is 4.72 Å². The SMILES string of the molecule is N#Cc1cccc(NS(=O)(=O)c2cc3c(cc2Br)OCCO3)c1. The number of rotatable bonds is 3. The molecule has 1 N–H and O–H groups in total. The first-order chi connectivity index (χ1) is 11.0. The van der Waals surface area contributed by atoms with Gasteiger partial charge in [-0.25, -0.2) is 8.42 Å². The van der Waals surface area contributed by atoms with Gasteiger partial charge >= 0.3 is 0 Å². The quantitative estimate of drug-likeness (QED) is 0.864. The van der Waals surface area contributed by atoms with Gasteiger partial charge in [-0.2, -0.15) is 5.26 Å². The number of anilines is 1. The van der Waals surface area contributed by atoms with E-state index < -0.39 is 10.0 Å². The number of nitrogens with one attached hydrogen (secondary N) is 1. The summed E-state index contributed by atoms with van der Waals surface area (Å²) >= 11 is 3.25. The van der Waals surface area contributed by atoms with Crippen LogP contribution in [0.4, 0.5) is 5.69 Å². The number of hydrogen-bond donors (Lipinski definition) is 1. The van der Waals surface area contributed by atoms with Gasteiger partial charge in [0.1, 0.15) is 18.1 Å². The molecule has 0 radical (unpaired) electrons. The molecular weight excluding hydrogens is 384 g/mol. The first kappa shape index (κ1) is 15.6. The summed E-state index contributed by atoms with van der Waals surface area (Å²) in [5.74, 6) is 0.874. The van der Waals surface area contributed by atoms with Crippen molar-refractivity contribution in [1.29, 1.82) is 5.26 Å². The van der Waals surface area contributed by atoms with E-state index in [4.69, 9.17) is 14.7 Å². The van der Waals surface area contributed by atoms with E-state index in [1.165, 1.54) is 12.1 Å². The summed E-state index contributed by atoms with van der Waals surface area (Å²) < 4.78 is 38.8. The third-order valence-electron chi connectivity index (χ3n) is 3.13. The van der Waals surface area contributed by atoms with E-state index in [1.54, 1.807) is 24.3 Å². The lowest BCUT2D eigenvalue weighted by Gasteiger charge is -2.20. The molecule has 8 heteroatoms. The van der Waals surface area contributed by atoms with Gasteiger partial charge in [-0.15, -0.1) is 0 Å². The molecule has 0 atom stereocenters. The molecule has 0 spiro atoms. The Morgan fingerprint density at radius 2 is 1.83 bits per heavy atom. The number of benzene rings is 2. The van der Waals surface area contributed by atoms with Gasteiger partial charge < -0.3 is 9.47 Å². The monoisotopic (exact) mass is 394 g/mol. The number of ether oxygens (including phenoxy) is 2. The van der Waals surface area contributed by atoms with Crippen LogP contribution >= 0.6 is 15.9 Å². The molecule has 0 amide bonds. The van der Waals surface area contributed by atoms with Crippen LogP contribution in [0.15, 0.2) is 45.8 Å². The minimum atomic E-state index is -3.84. The second-order valence-corrected chi connectivity index (χ2v) is 7.23. The Kier molecular flexibility index (Phi) is 4.15. The third-order valence-corrected chi connectivity index (χ3v) is 5.47. The zero-order chi connectivity index (χ0) is 16.4. The Hall–Kier alpha value is -2.24. The molecule has 0 fully saturated rings. The van der Waals surface area contributed by atoms with Gasteiger partial charge in [-0.1, -0.05) is 6.07 Å². The Morgan fingerprint density at radius 3 is 2.52 bits per heavy atom. The van der Waals surface area contributed by atoms with Gasteiger partial charge in [0.25, 0.3) is 10.0 Å². The van der Waals surface area contributed by atoms with Crippen molar-refractivity contribution in [3.8, 4) is 17.6 Å². The fourth-order valence-corrected chi connectivity index (χ4v) is 4.20. The fraction of sp³-hybridized carbons (Fsp3) is 0.133. The lowest BCUT2D eigenvalue weighted by Crippen LogP contribution is -2.18. The molecular formula is C15H11BrN2O4S. The molecule has 1 heterocycles. The number of fused-ring (bicyclic) bond motifs is 1. The summed E-state index contributed by atoms with van der Waals surface area (Å²) in [6.07, 6.45) is 0. The predicted octanol–water partition coefficient (Wildman–Crippen LogP) is 2.89. The number of nitriles is 1. The van der Waals surface area contributed by atoms with E-state index in [2.05, 4.69) is 20.7 Å². The molecule has 118 valence electrons. The maximum Gasteiger partial charge on any atom is 0.263 e. The maximum absolute atomic E-state index is 12.6. The highest BCUT2D eigenvalue weighted by Gasteiger charge is 2.23. The first-order valence-corrected chi connectivity index (χ1v) is 8.89. The Balaban J connectivity index is 1.98. The van der Waals surface area contributed by atoms with Gasteiger partial charge in [-0.05, 0) is 40.2 Å². The molecule has 0 bridgehead atoms. The number of halogens is 1. The van der Waals surface area contributed by atoms with E-state index in [0.29, 0.717) is 40.4 Å². The third kappa shape index (κ3) is 3.25. The van der Waals surface area contributed by atoms with Crippen molar-refractivity contribution in [3.63, 3.8) is 0 Å². The van der Waals surface area contributed by atoms with Crippen LogP contribution in [-0.2, 0) is 10.0 Å². The van der Waals surface area contributed by atoms with Gasteiger partial charge in [0.15, 0.2) is 11.5 Å². The molecule has 1 aliphatic heterocycles. The minimum Gasteiger partial charge on any atom is -0.486 e. The van der Waals surface area contributed by atoms with E-state index in [0.717, 1.165) is 0 Å². The van der Waals surface area contributed by atoms with Crippen molar-refractivity contribution in [3.05, 3.63) is 46.4 Å². The average Bonchev–Trinajstić information content (AvgIpc) is 2.53. The van der Waals surface area contributed by atoms with Crippen LogP contribution in [0.3, 0.4) is 0 Å². The Labute approximate surface area is 141 Å². The summed E-state index contributed by atoms with van der Waals surface area (Å²) in [5, 5.41) is 8.89. The van der Waals surface area contributed by atoms with Crippen LogP contribution in [0.2, 0.25) is 0 Å². The lowest BCUT2D eigenvalue weighted by molar-refractivity contribution is 0.171. The number of nitrogens with zero attached hydrogens (tertiary/aromatic N) is 1. The van der Waals surface area contributed by atoms with Crippen molar-refractivity contribution in [2.24, 2.45) is 0 Å². The summed E-state index contributed by atoms with van der Waals surface area (Å²) in [4.78, 5) is 0.0316. The molecule has 23 heavy (non-hydrogen) atoms. The fourth-order valence-electron chi connectivity index (χ4n) is 2.11. The van der Waals surface area contributed by atoms with E-state index in [-0.39, 0.29) is 4.90 Å². The average molecular weight is 395 g/mol. The molecule has 6 nitrogen and oxygen atoms in total. The summed E-state index contributed by atoms with van der Waals surface area (Å²) in [5.41, 5.74) is 0.678. The smallest absolute Gasteiger partial charge is 0.263 e. The second kappa shape index (κ2) is 6.10. The summed E-state index contributed by atoms with van der Waals surface area (Å²) in [7, 11) is -3.84. The van der Waals surface area contributed by atoms with E-state index in [1.807, 2.05) is 6.07 Å². The van der Waals surface area contributed by atoms with Crippen molar-refractivity contribution in [1.82, 2.24) is 0 Å². The van der Waals surface area contributed by atoms with E-state index in [9.17, 15) is 8.42 Å². The van der Waals surface area contributed by atoms with Crippen LogP contribution < -0.4 is 14.2 Å². The Bertz CT molecular complexity index is 906. The zero-order valence-electron chi connectivity index (χ0n) is 11.7. The second-order valence-electron chi connectivity index (χ2n) is 4.72. The van der Waals surface area contributed by atoms with Crippen molar-refractivity contribution in [2.45, 2.75) is 4.90 Å². The van der Waals surface area contributed by atoms with Gasteiger partial charge in [0.2, 0.25) is 0 Å².